The molecular formula is C23H21N3O5. The molecule has 3 amide bonds. The molecule has 0 aliphatic carbocycles. The molecule has 8 nitrogen and oxygen atoms in total. The van der Waals surface area contributed by atoms with Gasteiger partial charge in [-0.2, -0.15) is 0 Å². The first kappa shape index (κ1) is 21.4. The molecular weight excluding hydrogens is 398 g/mol. The van der Waals surface area contributed by atoms with Crippen molar-refractivity contribution in [2.24, 2.45) is 5.73 Å². The molecule has 1 atom stereocenters. The first-order valence-corrected chi connectivity index (χ1v) is 9.42. The van der Waals surface area contributed by atoms with Crippen molar-refractivity contribution in [3.8, 4) is 11.5 Å². The second kappa shape index (κ2) is 9.93. The summed E-state index contributed by atoms with van der Waals surface area (Å²) in [6.07, 6.45) is -1.04. The molecule has 3 aromatic carbocycles. The van der Waals surface area contributed by atoms with E-state index >= 15 is 0 Å². The fraction of sp³-hybridized carbons (Fsp3) is 0.0870. The summed E-state index contributed by atoms with van der Waals surface area (Å²) in [5.41, 5.74) is 6.11. The number of nitrogens with one attached hydrogen (secondary N) is 2. The molecule has 0 aliphatic heterocycles. The normalized spacial score (nSPS) is 11.1. The standard InChI is InChI=1S/C23H21N3O5/c1-15(30-22(28)16-6-5-7-18(14-16)26-23(24)29)21(27)25-17-10-12-20(13-11-17)31-19-8-3-2-4-9-19/h2-15H,1H3,(H,25,27)(H3,24,26,29)/t15-/m1/s1. The monoisotopic (exact) mass is 419 g/mol. The van der Waals surface area contributed by atoms with Crippen molar-refractivity contribution in [3.05, 3.63) is 84.4 Å². The first-order chi connectivity index (χ1) is 14.9. The Balaban J connectivity index is 1.55. The van der Waals surface area contributed by atoms with Crippen LogP contribution in [0.15, 0.2) is 78.9 Å². The second-order valence-corrected chi connectivity index (χ2v) is 6.55. The number of hydrogen-bond donors (Lipinski definition) is 3. The van der Waals surface area contributed by atoms with Crippen LogP contribution in [0.2, 0.25) is 0 Å². The van der Waals surface area contributed by atoms with E-state index in [-0.39, 0.29) is 5.56 Å². The van der Waals surface area contributed by atoms with Gasteiger partial charge in [0.25, 0.3) is 5.91 Å². The third-order valence-electron chi connectivity index (χ3n) is 4.12. The summed E-state index contributed by atoms with van der Waals surface area (Å²) in [5, 5.41) is 5.05. The van der Waals surface area contributed by atoms with Gasteiger partial charge in [-0.05, 0) is 61.5 Å². The lowest BCUT2D eigenvalue weighted by molar-refractivity contribution is -0.123. The highest BCUT2D eigenvalue weighted by Gasteiger charge is 2.19. The number of esters is 1. The van der Waals surface area contributed by atoms with Gasteiger partial charge in [0.1, 0.15) is 11.5 Å². The zero-order chi connectivity index (χ0) is 22.2. The summed E-state index contributed by atoms with van der Waals surface area (Å²) in [6, 6.07) is 21.4. The summed E-state index contributed by atoms with van der Waals surface area (Å²) in [5.74, 6) is 0.127. The molecule has 4 N–H and O–H groups in total. The number of primary amides is 1. The summed E-state index contributed by atoms with van der Waals surface area (Å²) in [4.78, 5) is 35.6. The summed E-state index contributed by atoms with van der Waals surface area (Å²) in [6.45, 7) is 1.46. The van der Waals surface area contributed by atoms with Gasteiger partial charge in [0, 0.05) is 11.4 Å². The number of urea groups is 1. The van der Waals surface area contributed by atoms with E-state index < -0.39 is 24.0 Å². The third kappa shape index (κ3) is 6.33. The number of para-hydroxylation sites is 1. The fourth-order valence-electron chi connectivity index (χ4n) is 2.62. The number of rotatable bonds is 7. The first-order valence-electron chi connectivity index (χ1n) is 9.42. The topological polar surface area (TPSA) is 120 Å². The molecule has 0 saturated carbocycles. The van der Waals surface area contributed by atoms with Crippen molar-refractivity contribution < 1.29 is 23.9 Å². The van der Waals surface area contributed by atoms with E-state index in [4.69, 9.17) is 15.2 Å². The number of nitrogens with two attached hydrogens (primary N) is 1. The largest absolute Gasteiger partial charge is 0.457 e. The Morgan fingerprint density at radius 3 is 2.16 bits per heavy atom. The van der Waals surface area contributed by atoms with Gasteiger partial charge < -0.3 is 25.8 Å². The van der Waals surface area contributed by atoms with Crippen LogP contribution < -0.4 is 21.1 Å². The highest BCUT2D eigenvalue weighted by atomic mass is 16.5. The van der Waals surface area contributed by atoms with Crippen LogP contribution in [0.3, 0.4) is 0 Å². The molecule has 0 heterocycles. The number of carbonyl (C=O) groups excluding carboxylic acids is 3. The summed E-state index contributed by atoms with van der Waals surface area (Å²) < 4.78 is 10.9. The van der Waals surface area contributed by atoms with Crippen LogP contribution in [0.1, 0.15) is 17.3 Å². The molecule has 158 valence electrons. The van der Waals surface area contributed by atoms with E-state index in [1.165, 1.54) is 19.1 Å². The molecule has 3 aromatic rings. The Morgan fingerprint density at radius 1 is 0.806 bits per heavy atom. The molecule has 0 fully saturated rings. The lowest BCUT2D eigenvalue weighted by Crippen LogP contribution is -2.30. The lowest BCUT2D eigenvalue weighted by Gasteiger charge is -2.14. The molecule has 0 aliphatic rings. The van der Waals surface area contributed by atoms with Crippen molar-refractivity contribution in [2.45, 2.75) is 13.0 Å². The maximum Gasteiger partial charge on any atom is 0.338 e. The van der Waals surface area contributed by atoms with Crippen LogP contribution in [0.4, 0.5) is 16.2 Å². The molecule has 0 radical (unpaired) electrons. The third-order valence-corrected chi connectivity index (χ3v) is 4.12. The maximum absolute atomic E-state index is 12.4. The number of hydrogen-bond acceptors (Lipinski definition) is 5. The molecule has 0 spiro atoms. The van der Waals surface area contributed by atoms with Crippen molar-refractivity contribution >= 4 is 29.3 Å². The average Bonchev–Trinajstić information content (AvgIpc) is 2.75. The Morgan fingerprint density at radius 2 is 1.48 bits per heavy atom. The summed E-state index contributed by atoms with van der Waals surface area (Å²) >= 11 is 0. The number of carbonyl (C=O) groups is 3. The van der Waals surface area contributed by atoms with E-state index in [2.05, 4.69) is 10.6 Å². The van der Waals surface area contributed by atoms with Crippen LogP contribution in [0.5, 0.6) is 11.5 Å². The maximum atomic E-state index is 12.4. The Bertz CT molecular complexity index is 1070. The van der Waals surface area contributed by atoms with E-state index in [1.54, 1.807) is 36.4 Å². The zero-order valence-electron chi connectivity index (χ0n) is 16.7. The minimum absolute atomic E-state index is 0.174. The smallest absolute Gasteiger partial charge is 0.338 e. The number of anilines is 2. The summed E-state index contributed by atoms with van der Waals surface area (Å²) in [7, 11) is 0. The van der Waals surface area contributed by atoms with E-state index in [0.29, 0.717) is 22.9 Å². The minimum Gasteiger partial charge on any atom is -0.457 e. The van der Waals surface area contributed by atoms with Gasteiger partial charge in [-0.15, -0.1) is 0 Å². The van der Waals surface area contributed by atoms with Crippen molar-refractivity contribution in [1.82, 2.24) is 0 Å². The SMILES string of the molecule is C[C@@H](OC(=O)c1cccc(NC(N)=O)c1)C(=O)Nc1ccc(Oc2ccccc2)cc1. The predicted octanol–water partition coefficient (Wildman–Crippen LogP) is 4.15. The van der Waals surface area contributed by atoms with Crippen LogP contribution in [-0.4, -0.2) is 24.0 Å². The van der Waals surface area contributed by atoms with Crippen LogP contribution in [0.25, 0.3) is 0 Å². The molecule has 0 bridgehead atoms. The van der Waals surface area contributed by atoms with Crippen LogP contribution in [-0.2, 0) is 9.53 Å². The van der Waals surface area contributed by atoms with E-state index in [1.807, 2.05) is 30.3 Å². The predicted molar refractivity (Wildman–Crippen MR) is 116 cm³/mol. The van der Waals surface area contributed by atoms with E-state index in [9.17, 15) is 14.4 Å². The average molecular weight is 419 g/mol. The number of benzene rings is 3. The Kier molecular flexibility index (Phi) is 6.85. The highest BCUT2D eigenvalue weighted by Crippen LogP contribution is 2.22. The van der Waals surface area contributed by atoms with Crippen molar-refractivity contribution in [3.63, 3.8) is 0 Å². The van der Waals surface area contributed by atoms with E-state index in [0.717, 1.165) is 0 Å². The van der Waals surface area contributed by atoms with Gasteiger partial charge in [0.2, 0.25) is 0 Å². The molecule has 3 rings (SSSR count). The fourth-order valence-corrected chi connectivity index (χ4v) is 2.62. The molecule has 31 heavy (non-hydrogen) atoms. The molecule has 8 heteroatoms. The van der Waals surface area contributed by atoms with Crippen molar-refractivity contribution in [1.29, 1.82) is 0 Å². The number of ether oxygens (including phenoxy) is 2. The highest BCUT2D eigenvalue weighted by molar-refractivity contribution is 5.98. The second-order valence-electron chi connectivity index (χ2n) is 6.55. The van der Waals surface area contributed by atoms with Gasteiger partial charge in [-0.25, -0.2) is 9.59 Å². The quantitative estimate of drug-likeness (QED) is 0.497. The Labute approximate surface area is 179 Å². The number of amides is 3. The van der Waals surface area contributed by atoms with Gasteiger partial charge in [-0.3, -0.25) is 4.79 Å². The van der Waals surface area contributed by atoms with Gasteiger partial charge >= 0.3 is 12.0 Å². The van der Waals surface area contributed by atoms with Gasteiger partial charge in [-0.1, -0.05) is 24.3 Å². The zero-order valence-corrected chi connectivity index (χ0v) is 16.7. The van der Waals surface area contributed by atoms with Crippen molar-refractivity contribution in [2.75, 3.05) is 10.6 Å². The molecule has 0 saturated heterocycles. The van der Waals surface area contributed by atoms with Gasteiger partial charge in [0.15, 0.2) is 6.10 Å². The van der Waals surface area contributed by atoms with Crippen LogP contribution >= 0.6 is 0 Å². The lowest BCUT2D eigenvalue weighted by atomic mass is 10.2. The molecule has 0 unspecified atom stereocenters. The minimum atomic E-state index is -1.04. The molecule has 0 aromatic heterocycles. The van der Waals surface area contributed by atoms with Gasteiger partial charge in [0.05, 0.1) is 5.56 Å². The van der Waals surface area contributed by atoms with Crippen LogP contribution in [0, 0.1) is 0 Å². The Hall–Kier alpha value is -4.33.